The summed E-state index contributed by atoms with van der Waals surface area (Å²) in [5.74, 6) is -0.711. The van der Waals surface area contributed by atoms with Gasteiger partial charge in [-0.1, -0.05) is 0 Å². The average Bonchev–Trinajstić information content (AvgIpc) is 2.26. The van der Waals surface area contributed by atoms with E-state index in [0.29, 0.717) is 18.5 Å². The standard InChI is InChI=1S/C10H14N3O3/c1-10(2,9(14)15)4-3-7-8(13-16)12-6-5-11-7/h5-6H,3-4H2,1-2H3,(H2-,11,12,13,14,15,16)/q-1. The van der Waals surface area contributed by atoms with Gasteiger partial charge < -0.3 is 15.8 Å². The average molecular weight is 224 g/mol. The predicted octanol–water partition coefficient (Wildman–Crippen LogP) is 1.43. The molecule has 1 aromatic rings. The first-order chi connectivity index (χ1) is 7.47. The third-order valence-corrected chi connectivity index (χ3v) is 2.44. The second-order valence-corrected chi connectivity index (χ2v) is 4.14. The van der Waals surface area contributed by atoms with Gasteiger partial charge in [0.25, 0.3) is 0 Å². The van der Waals surface area contributed by atoms with Crippen LogP contribution in [0.25, 0.3) is 0 Å². The summed E-state index contributed by atoms with van der Waals surface area (Å²) in [6.07, 6.45) is 3.68. The Bertz CT molecular complexity index is 379. The van der Waals surface area contributed by atoms with Crippen molar-refractivity contribution in [1.82, 2.24) is 9.97 Å². The van der Waals surface area contributed by atoms with Crippen molar-refractivity contribution < 1.29 is 9.90 Å². The Labute approximate surface area is 93.3 Å². The van der Waals surface area contributed by atoms with E-state index in [2.05, 4.69) is 9.97 Å². The Balaban J connectivity index is 2.71. The zero-order valence-electron chi connectivity index (χ0n) is 9.23. The minimum Gasteiger partial charge on any atom is -0.760 e. The summed E-state index contributed by atoms with van der Waals surface area (Å²) in [5.41, 5.74) is 1.35. The molecule has 88 valence electrons. The summed E-state index contributed by atoms with van der Waals surface area (Å²) < 4.78 is 0. The molecule has 2 N–H and O–H groups in total. The van der Waals surface area contributed by atoms with E-state index in [1.54, 1.807) is 19.3 Å². The highest BCUT2D eigenvalue weighted by Crippen LogP contribution is 2.24. The maximum Gasteiger partial charge on any atom is 0.309 e. The van der Waals surface area contributed by atoms with Gasteiger partial charge in [0.05, 0.1) is 11.1 Å². The Hall–Kier alpha value is -1.69. The van der Waals surface area contributed by atoms with Crippen LogP contribution in [0.5, 0.6) is 0 Å². The lowest BCUT2D eigenvalue weighted by molar-refractivity contribution is -0.147. The number of nitrogens with zero attached hydrogens (tertiary/aromatic N) is 2. The molecule has 0 aromatic carbocycles. The number of nitrogens with one attached hydrogen (secondary N) is 1. The first kappa shape index (κ1) is 12.4. The normalized spacial score (nSPS) is 11.2. The van der Waals surface area contributed by atoms with Gasteiger partial charge in [0.1, 0.15) is 5.82 Å². The van der Waals surface area contributed by atoms with Crippen LogP contribution in [0, 0.1) is 10.6 Å². The van der Waals surface area contributed by atoms with Gasteiger partial charge in [-0.25, -0.2) is 4.98 Å². The molecule has 0 amide bonds. The van der Waals surface area contributed by atoms with E-state index in [9.17, 15) is 10.0 Å². The van der Waals surface area contributed by atoms with Crippen molar-refractivity contribution >= 4 is 11.8 Å². The number of carbonyl (C=O) groups is 1. The molecular weight excluding hydrogens is 210 g/mol. The van der Waals surface area contributed by atoms with E-state index in [1.165, 1.54) is 12.4 Å². The summed E-state index contributed by atoms with van der Waals surface area (Å²) >= 11 is 0. The van der Waals surface area contributed by atoms with Crippen LogP contribution in [-0.2, 0) is 11.2 Å². The number of hydrogen-bond acceptors (Lipinski definition) is 5. The highest BCUT2D eigenvalue weighted by atomic mass is 16.5. The minimum absolute atomic E-state index is 0.156. The van der Waals surface area contributed by atoms with E-state index >= 15 is 0 Å². The van der Waals surface area contributed by atoms with Gasteiger partial charge in [0, 0.05) is 12.4 Å². The molecule has 0 aliphatic rings. The van der Waals surface area contributed by atoms with E-state index in [4.69, 9.17) is 5.11 Å². The van der Waals surface area contributed by atoms with Gasteiger partial charge in [-0.15, -0.1) is 0 Å². The number of anilines is 1. The molecule has 0 saturated carbocycles. The summed E-state index contributed by atoms with van der Waals surface area (Å²) in [7, 11) is 0. The Morgan fingerprint density at radius 1 is 1.50 bits per heavy atom. The van der Waals surface area contributed by atoms with Crippen LogP contribution in [0.3, 0.4) is 0 Å². The highest BCUT2D eigenvalue weighted by Gasteiger charge is 2.27. The number of rotatable bonds is 5. The Morgan fingerprint density at radius 2 is 2.12 bits per heavy atom. The molecular formula is C10H14N3O3-. The summed E-state index contributed by atoms with van der Waals surface area (Å²) in [4.78, 5) is 18.7. The first-order valence-electron chi connectivity index (χ1n) is 4.89. The van der Waals surface area contributed by atoms with Crippen LogP contribution < -0.4 is 5.48 Å². The van der Waals surface area contributed by atoms with Gasteiger partial charge in [0.15, 0.2) is 0 Å². The van der Waals surface area contributed by atoms with Crippen LogP contribution in [0.15, 0.2) is 12.4 Å². The van der Waals surface area contributed by atoms with Gasteiger partial charge in [0.2, 0.25) is 0 Å². The van der Waals surface area contributed by atoms with Crippen molar-refractivity contribution in [3.8, 4) is 0 Å². The van der Waals surface area contributed by atoms with Gasteiger partial charge in [-0.2, -0.15) is 0 Å². The molecule has 1 heterocycles. The van der Waals surface area contributed by atoms with Crippen LogP contribution >= 0.6 is 0 Å². The first-order valence-corrected chi connectivity index (χ1v) is 4.89. The third kappa shape index (κ3) is 2.90. The fraction of sp³-hybridized carbons (Fsp3) is 0.500. The van der Waals surface area contributed by atoms with Crippen molar-refractivity contribution in [3.05, 3.63) is 23.3 Å². The maximum atomic E-state index is 10.9. The lowest BCUT2D eigenvalue weighted by atomic mass is 9.87. The topological polar surface area (TPSA) is 98.2 Å². The Kier molecular flexibility index (Phi) is 3.78. The van der Waals surface area contributed by atoms with Gasteiger partial charge >= 0.3 is 5.97 Å². The molecule has 1 aromatic heterocycles. The monoisotopic (exact) mass is 224 g/mol. The molecule has 0 aliphatic carbocycles. The third-order valence-electron chi connectivity index (χ3n) is 2.44. The van der Waals surface area contributed by atoms with Crippen LogP contribution in [0.4, 0.5) is 5.82 Å². The van der Waals surface area contributed by atoms with Crippen LogP contribution in [-0.4, -0.2) is 21.0 Å². The molecule has 0 saturated heterocycles. The molecule has 0 atom stereocenters. The lowest BCUT2D eigenvalue weighted by Gasteiger charge is -2.19. The van der Waals surface area contributed by atoms with Gasteiger partial charge in [-0.05, 0) is 26.7 Å². The van der Waals surface area contributed by atoms with Crippen molar-refractivity contribution in [3.63, 3.8) is 0 Å². The highest BCUT2D eigenvalue weighted by molar-refractivity contribution is 5.73. The molecule has 0 aliphatic heterocycles. The smallest absolute Gasteiger partial charge is 0.309 e. The van der Waals surface area contributed by atoms with E-state index < -0.39 is 11.4 Å². The molecule has 0 radical (unpaired) electrons. The summed E-state index contributed by atoms with van der Waals surface area (Å²) in [6, 6.07) is 0. The molecule has 6 nitrogen and oxygen atoms in total. The van der Waals surface area contributed by atoms with Gasteiger partial charge in [-0.3, -0.25) is 9.78 Å². The largest absolute Gasteiger partial charge is 0.760 e. The summed E-state index contributed by atoms with van der Waals surface area (Å²) in [5, 5.41) is 19.5. The zero-order chi connectivity index (χ0) is 12.2. The molecule has 16 heavy (non-hydrogen) atoms. The van der Waals surface area contributed by atoms with E-state index in [1.807, 2.05) is 0 Å². The maximum absolute atomic E-state index is 10.9. The van der Waals surface area contributed by atoms with E-state index in [-0.39, 0.29) is 5.82 Å². The summed E-state index contributed by atoms with van der Waals surface area (Å²) in [6.45, 7) is 3.27. The van der Waals surface area contributed by atoms with Crippen molar-refractivity contribution in [2.45, 2.75) is 26.7 Å². The molecule has 0 unspecified atom stereocenters. The number of aromatic nitrogens is 2. The fourth-order valence-electron chi connectivity index (χ4n) is 1.17. The molecule has 1 rings (SSSR count). The lowest BCUT2D eigenvalue weighted by Crippen LogP contribution is -2.24. The fourth-order valence-corrected chi connectivity index (χ4v) is 1.17. The number of aliphatic carboxylic acids is 1. The Morgan fingerprint density at radius 3 is 2.69 bits per heavy atom. The number of hydrogen-bond donors (Lipinski definition) is 2. The SMILES string of the molecule is CC(C)(CCc1nccnc1N[O-])C(=O)O. The van der Waals surface area contributed by atoms with E-state index in [0.717, 1.165) is 0 Å². The van der Waals surface area contributed by atoms with Crippen LogP contribution in [0.2, 0.25) is 0 Å². The quantitative estimate of drug-likeness (QED) is 0.734. The molecule has 6 heteroatoms. The van der Waals surface area contributed by atoms with Crippen LogP contribution in [0.1, 0.15) is 26.0 Å². The second kappa shape index (κ2) is 4.89. The van der Waals surface area contributed by atoms with Crippen molar-refractivity contribution in [1.29, 1.82) is 0 Å². The molecule has 0 bridgehead atoms. The predicted molar refractivity (Wildman–Crippen MR) is 58.8 cm³/mol. The molecule has 0 spiro atoms. The zero-order valence-corrected chi connectivity index (χ0v) is 9.23. The number of carboxylic acid groups (broad SMARTS) is 1. The van der Waals surface area contributed by atoms with Crippen molar-refractivity contribution in [2.75, 3.05) is 5.48 Å². The van der Waals surface area contributed by atoms with Crippen molar-refractivity contribution in [2.24, 2.45) is 5.41 Å². The molecule has 0 fully saturated rings. The number of aryl methyl sites for hydroxylation is 1. The number of carboxylic acids is 1. The minimum atomic E-state index is -0.868. The second-order valence-electron chi connectivity index (χ2n) is 4.14.